The smallest absolute Gasteiger partial charge is 0 e. The van der Waals surface area contributed by atoms with Gasteiger partial charge < -0.3 is 6.42 Å². The van der Waals surface area contributed by atoms with Gasteiger partial charge in [0.15, 0.2) is 0 Å². The third-order valence-corrected chi connectivity index (χ3v) is 1.19. The van der Waals surface area contributed by atoms with E-state index in [2.05, 4.69) is 107 Å². The molecule has 0 amide bonds. The molecule has 22 heavy (non-hydrogen) atoms. The van der Waals surface area contributed by atoms with Crippen molar-refractivity contribution in [3.63, 3.8) is 0 Å². The Bertz CT molecular complexity index is 989. The van der Waals surface area contributed by atoms with Gasteiger partial charge in [-0.3, -0.25) is 5.92 Å². The second-order valence-corrected chi connectivity index (χ2v) is 2.50. The fourth-order valence-electron chi connectivity index (χ4n) is 0.562. The molecule has 0 bridgehead atoms. The van der Waals surface area contributed by atoms with Crippen LogP contribution >= 0.6 is 0 Å². The van der Waals surface area contributed by atoms with Gasteiger partial charge in [0, 0.05) is 18.6 Å². The first-order valence-electron chi connectivity index (χ1n) is 5.25. The van der Waals surface area contributed by atoms with E-state index in [1.807, 2.05) is 5.92 Å². The van der Waals surface area contributed by atoms with Crippen LogP contribution in [0.15, 0.2) is 0 Å². The van der Waals surface area contributed by atoms with Crippen LogP contribution in [0.1, 0.15) is 6.92 Å². The Labute approximate surface area is 144 Å². The van der Waals surface area contributed by atoms with Gasteiger partial charge in [-0.1, -0.05) is 5.92 Å². The summed E-state index contributed by atoms with van der Waals surface area (Å²) < 4.78 is 0. The molecule has 0 heterocycles. The minimum atomic E-state index is 0. The minimum absolute atomic E-state index is 0. The van der Waals surface area contributed by atoms with Gasteiger partial charge >= 0.3 is 0 Å². The average molecular weight is 306 g/mol. The fourth-order valence-corrected chi connectivity index (χ4v) is 0.562. The zero-order valence-corrected chi connectivity index (χ0v) is 12.8. The van der Waals surface area contributed by atoms with Crippen molar-refractivity contribution in [2.45, 2.75) is 6.92 Å². The van der Waals surface area contributed by atoms with Crippen LogP contribution in [0.4, 0.5) is 0 Å². The summed E-state index contributed by atoms with van der Waals surface area (Å²) in [5.74, 6) is 46.3. The summed E-state index contributed by atoms with van der Waals surface area (Å²) in [4.78, 5) is 0. The molecule has 0 aliphatic rings. The largest absolute Gasteiger partial charge is 0.358 e. The predicted octanol–water partition coefficient (Wildman–Crippen LogP) is 0.624. The maximum Gasteiger partial charge on any atom is 0 e. The first-order chi connectivity index (χ1) is 10.4. The third-order valence-electron chi connectivity index (χ3n) is 1.19. The number of hydrogen-bond donors (Lipinski definition) is 0. The van der Waals surface area contributed by atoms with Crippen LogP contribution < -0.4 is 0 Å². The van der Waals surface area contributed by atoms with Crippen molar-refractivity contribution in [1.82, 2.24) is 0 Å². The first kappa shape index (κ1) is 20.5. The molecule has 0 aliphatic heterocycles. The van der Waals surface area contributed by atoms with E-state index in [0.29, 0.717) is 0 Å². The topological polar surface area (TPSA) is 0 Å². The molecule has 0 atom stereocenters. The van der Waals surface area contributed by atoms with Gasteiger partial charge in [-0.15, -0.1) is 5.92 Å². The maximum atomic E-state index is 6.50. The van der Waals surface area contributed by atoms with Crippen molar-refractivity contribution in [3.05, 3.63) is 6.42 Å². The first-order valence-corrected chi connectivity index (χ1v) is 5.25. The predicted molar refractivity (Wildman–Crippen MR) is 82.8 cm³/mol. The van der Waals surface area contributed by atoms with Crippen LogP contribution in [0.25, 0.3) is 0 Å². The average Bonchev–Trinajstić information content (AvgIpc) is 2.50. The van der Waals surface area contributed by atoms with E-state index < -0.39 is 0 Å². The van der Waals surface area contributed by atoms with Crippen LogP contribution in [0.2, 0.25) is 0 Å². The van der Waals surface area contributed by atoms with Crippen LogP contribution in [-0.2, 0) is 18.6 Å². The molecule has 0 aliphatic carbocycles. The Balaban J connectivity index is 0. The zero-order chi connectivity index (χ0) is 15.4. The van der Waals surface area contributed by atoms with E-state index in [0.717, 1.165) is 0 Å². The van der Waals surface area contributed by atoms with Crippen molar-refractivity contribution in [2.75, 3.05) is 0 Å². The summed E-state index contributed by atoms with van der Waals surface area (Å²) in [6.07, 6.45) is 6.50. The molecule has 1 heteroatoms. The van der Waals surface area contributed by atoms with Gasteiger partial charge in [-0.2, -0.15) is 0 Å². The quantitative estimate of drug-likeness (QED) is 0.455. The SMILES string of the molecule is [C-]#CC#CC#CC#CC#CC#CC#CC#CC#CC#CC.[V]. The van der Waals surface area contributed by atoms with Gasteiger partial charge in [0.2, 0.25) is 0 Å². The zero-order valence-electron chi connectivity index (χ0n) is 11.4. The fraction of sp³-hybridized carbons (Fsp3) is 0.0476. The summed E-state index contributed by atoms with van der Waals surface area (Å²) in [5.41, 5.74) is 0. The van der Waals surface area contributed by atoms with Crippen LogP contribution in [0.3, 0.4) is 0 Å². The summed E-state index contributed by atoms with van der Waals surface area (Å²) in [5, 5.41) is 0. The van der Waals surface area contributed by atoms with Crippen LogP contribution in [0.5, 0.6) is 0 Å². The van der Waals surface area contributed by atoms with Gasteiger partial charge in [-0.05, 0) is 95.7 Å². The molecule has 0 spiro atoms. The monoisotopic (exact) mass is 306 g/mol. The molecule has 0 fully saturated rings. The van der Waals surface area contributed by atoms with Crippen molar-refractivity contribution in [1.29, 1.82) is 0 Å². The molecule has 0 aromatic rings. The van der Waals surface area contributed by atoms with E-state index in [9.17, 15) is 0 Å². The molecule has 0 rings (SSSR count). The second-order valence-electron chi connectivity index (χ2n) is 2.50. The Morgan fingerprint density at radius 1 is 0.409 bits per heavy atom. The Morgan fingerprint density at radius 2 is 0.636 bits per heavy atom. The molecule has 0 unspecified atom stereocenters. The summed E-state index contributed by atoms with van der Waals surface area (Å²) in [7, 11) is 0. The van der Waals surface area contributed by atoms with Gasteiger partial charge in [0.05, 0.1) is 0 Å². The van der Waals surface area contributed by atoms with Crippen molar-refractivity contribution in [2.24, 2.45) is 0 Å². The Morgan fingerprint density at radius 3 is 0.864 bits per heavy atom. The molecule has 0 N–H and O–H groups in total. The normalized spacial score (nSPS) is 3.64. The summed E-state index contributed by atoms with van der Waals surface area (Å²) >= 11 is 0. The molecular formula is C21H3V-. The maximum absolute atomic E-state index is 6.50. The van der Waals surface area contributed by atoms with Crippen molar-refractivity contribution >= 4 is 0 Å². The van der Waals surface area contributed by atoms with Crippen molar-refractivity contribution in [3.8, 4) is 112 Å². The second kappa shape index (κ2) is 19.5. The van der Waals surface area contributed by atoms with E-state index in [-0.39, 0.29) is 18.6 Å². The molecule has 93 valence electrons. The van der Waals surface area contributed by atoms with Gasteiger partial charge in [0.25, 0.3) is 0 Å². The molecule has 0 aromatic heterocycles. The van der Waals surface area contributed by atoms with Gasteiger partial charge in [0.1, 0.15) is 0 Å². The molecular weight excluding hydrogens is 303 g/mol. The summed E-state index contributed by atoms with van der Waals surface area (Å²) in [6, 6.07) is 0. The van der Waals surface area contributed by atoms with Crippen LogP contribution in [-0.4, -0.2) is 0 Å². The van der Waals surface area contributed by atoms with Crippen LogP contribution in [0, 0.1) is 119 Å². The van der Waals surface area contributed by atoms with Gasteiger partial charge in [-0.25, -0.2) is 5.92 Å². The molecule has 0 nitrogen and oxygen atoms in total. The third kappa shape index (κ3) is 18.5. The Kier molecular flexibility index (Phi) is 18.2. The van der Waals surface area contributed by atoms with E-state index in [4.69, 9.17) is 6.42 Å². The molecule has 0 saturated heterocycles. The molecule has 0 saturated carbocycles. The molecule has 1 radical (unpaired) electrons. The van der Waals surface area contributed by atoms with E-state index >= 15 is 0 Å². The minimum Gasteiger partial charge on any atom is -0.358 e. The summed E-state index contributed by atoms with van der Waals surface area (Å²) in [6.45, 7) is 1.70. The number of rotatable bonds is 0. The number of hydrogen-bond acceptors (Lipinski definition) is 0. The van der Waals surface area contributed by atoms with E-state index in [1.54, 1.807) is 6.92 Å². The molecule has 0 aromatic carbocycles. The Hall–Kier alpha value is -3.82. The standard InChI is InChI=1S/C21H3.V/c1-3-5-7-9-11-13-15-17-19-21-20-18-16-14-12-10-8-6-4-2;/h1H3;/q-1;. The van der Waals surface area contributed by atoms with E-state index in [1.165, 1.54) is 0 Å². The van der Waals surface area contributed by atoms with Crippen molar-refractivity contribution < 1.29 is 18.6 Å².